The zero-order valence-electron chi connectivity index (χ0n) is 11.1. The predicted octanol–water partition coefficient (Wildman–Crippen LogP) is 1.97. The highest BCUT2D eigenvalue weighted by molar-refractivity contribution is 5.88. The molecule has 0 amide bonds. The lowest BCUT2D eigenvalue weighted by Gasteiger charge is -2.19. The summed E-state index contributed by atoms with van der Waals surface area (Å²) in [5, 5.41) is 10.1. The van der Waals surface area contributed by atoms with Gasteiger partial charge in [0.05, 0.1) is 12.2 Å². The Morgan fingerprint density at radius 2 is 2.16 bits per heavy atom. The summed E-state index contributed by atoms with van der Waals surface area (Å²) >= 11 is 0. The number of phenols is 1. The van der Waals surface area contributed by atoms with Crippen molar-refractivity contribution in [3.63, 3.8) is 0 Å². The zero-order chi connectivity index (χ0) is 13.9. The van der Waals surface area contributed by atoms with E-state index in [4.69, 9.17) is 14.2 Å². The van der Waals surface area contributed by atoms with Gasteiger partial charge in [0, 0.05) is 7.11 Å². The zero-order valence-corrected chi connectivity index (χ0v) is 11.1. The van der Waals surface area contributed by atoms with Crippen molar-refractivity contribution in [1.29, 1.82) is 0 Å². The summed E-state index contributed by atoms with van der Waals surface area (Å²) in [6, 6.07) is 4.94. The van der Waals surface area contributed by atoms with Gasteiger partial charge in [-0.05, 0) is 31.9 Å². The van der Waals surface area contributed by atoms with Crippen LogP contribution in [0.2, 0.25) is 0 Å². The fourth-order valence-corrected chi connectivity index (χ4v) is 2.19. The van der Waals surface area contributed by atoms with Crippen LogP contribution in [0.15, 0.2) is 18.2 Å². The van der Waals surface area contributed by atoms with Gasteiger partial charge < -0.3 is 19.3 Å². The minimum atomic E-state index is -0.759. The summed E-state index contributed by atoms with van der Waals surface area (Å²) in [6.07, 6.45) is 1.32. The van der Waals surface area contributed by atoms with Gasteiger partial charge in [-0.15, -0.1) is 0 Å². The number of benzene rings is 1. The van der Waals surface area contributed by atoms with Crippen molar-refractivity contribution in [2.45, 2.75) is 25.2 Å². The van der Waals surface area contributed by atoms with Crippen molar-refractivity contribution in [2.75, 3.05) is 20.5 Å². The van der Waals surface area contributed by atoms with E-state index in [2.05, 4.69) is 0 Å². The van der Waals surface area contributed by atoms with Crippen LogP contribution < -0.4 is 4.74 Å². The first kappa shape index (κ1) is 13.7. The van der Waals surface area contributed by atoms with Crippen LogP contribution in [0.1, 0.15) is 25.3 Å². The first-order valence-electron chi connectivity index (χ1n) is 6.27. The molecule has 0 heterocycles. The van der Waals surface area contributed by atoms with Crippen LogP contribution in [0.3, 0.4) is 0 Å². The molecule has 1 aromatic carbocycles. The maximum atomic E-state index is 12.1. The monoisotopic (exact) mass is 266 g/mol. The van der Waals surface area contributed by atoms with Gasteiger partial charge in [0.2, 0.25) is 0 Å². The van der Waals surface area contributed by atoms with Crippen LogP contribution in [0.25, 0.3) is 0 Å². The quantitative estimate of drug-likeness (QED) is 0.630. The highest BCUT2D eigenvalue weighted by Gasteiger charge is 2.55. The van der Waals surface area contributed by atoms with Gasteiger partial charge >= 0.3 is 5.97 Å². The van der Waals surface area contributed by atoms with Crippen LogP contribution >= 0.6 is 0 Å². The number of ether oxygens (including phenoxy) is 3. The van der Waals surface area contributed by atoms with Gasteiger partial charge in [-0.25, -0.2) is 0 Å². The van der Waals surface area contributed by atoms with Gasteiger partial charge in [0.25, 0.3) is 0 Å². The number of rotatable bonds is 6. The van der Waals surface area contributed by atoms with E-state index in [9.17, 15) is 9.90 Å². The molecule has 0 aliphatic heterocycles. The lowest BCUT2D eigenvalue weighted by molar-refractivity contribution is -0.146. The summed E-state index contributed by atoms with van der Waals surface area (Å²) in [6.45, 7) is 2.15. The second-order valence-corrected chi connectivity index (χ2v) is 4.50. The molecule has 1 aliphatic carbocycles. The highest BCUT2D eigenvalue weighted by Crippen LogP contribution is 2.55. The fourth-order valence-electron chi connectivity index (χ4n) is 2.19. The van der Waals surface area contributed by atoms with E-state index in [1.54, 1.807) is 25.1 Å². The van der Waals surface area contributed by atoms with Gasteiger partial charge in [-0.1, -0.05) is 6.07 Å². The molecule has 5 nitrogen and oxygen atoms in total. The van der Waals surface area contributed by atoms with Crippen LogP contribution in [0.4, 0.5) is 0 Å². The molecule has 2 rings (SSSR count). The molecule has 1 N–H and O–H groups in total. The summed E-state index contributed by atoms with van der Waals surface area (Å²) in [4.78, 5) is 12.1. The standard InChI is InChI=1S/C14H18O5/c1-3-18-13(16)14(7-8-14)12-10(15)5-4-6-11(12)19-9-17-2/h4-6,15H,3,7-9H2,1-2H3. The number of methoxy groups -OCH3 is 1. The van der Waals surface area contributed by atoms with Crippen LogP contribution in [-0.2, 0) is 19.7 Å². The van der Waals surface area contributed by atoms with Gasteiger partial charge in [0.1, 0.15) is 16.9 Å². The Morgan fingerprint density at radius 3 is 2.74 bits per heavy atom. The van der Waals surface area contributed by atoms with E-state index in [1.165, 1.54) is 7.11 Å². The van der Waals surface area contributed by atoms with Crippen LogP contribution in [0, 0.1) is 0 Å². The van der Waals surface area contributed by atoms with Gasteiger partial charge in [-0.2, -0.15) is 0 Å². The number of hydrogen-bond donors (Lipinski definition) is 1. The van der Waals surface area contributed by atoms with E-state index in [1.807, 2.05) is 0 Å². The molecule has 0 spiro atoms. The minimum absolute atomic E-state index is 0.0548. The summed E-state index contributed by atoms with van der Waals surface area (Å²) in [5.41, 5.74) is -0.254. The molecule has 0 aromatic heterocycles. The first-order chi connectivity index (χ1) is 9.15. The van der Waals surface area contributed by atoms with Gasteiger partial charge in [-0.3, -0.25) is 4.79 Å². The Labute approximate surface area is 112 Å². The Bertz CT molecular complexity index is 465. The highest BCUT2D eigenvalue weighted by atomic mass is 16.7. The van der Waals surface area contributed by atoms with Crippen molar-refractivity contribution in [3.8, 4) is 11.5 Å². The SMILES string of the molecule is CCOC(=O)C1(c2c(O)cccc2OCOC)CC1. The topological polar surface area (TPSA) is 65.0 Å². The third-order valence-corrected chi connectivity index (χ3v) is 3.23. The van der Waals surface area contributed by atoms with E-state index in [-0.39, 0.29) is 18.5 Å². The van der Waals surface area contributed by atoms with E-state index >= 15 is 0 Å². The third-order valence-electron chi connectivity index (χ3n) is 3.23. The molecule has 1 fully saturated rings. The molecule has 1 aromatic rings. The molecule has 5 heteroatoms. The van der Waals surface area contributed by atoms with Crippen molar-refractivity contribution in [2.24, 2.45) is 0 Å². The lowest BCUT2D eigenvalue weighted by atomic mass is 9.94. The third kappa shape index (κ3) is 2.51. The molecule has 0 radical (unpaired) electrons. The molecular weight excluding hydrogens is 248 g/mol. The Hall–Kier alpha value is -1.75. The van der Waals surface area contributed by atoms with Crippen LogP contribution in [-0.4, -0.2) is 31.6 Å². The minimum Gasteiger partial charge on any atom is -0.507 e. The molecule has 1 aliphatic rings. The summed E-state index contributed by atoms with van der Waals surface area (Å²) < 4.78 is 15.4. The smallest absolute Gasteiger partial charge is 0.316 e. The maximum absolute atomic E-state index is 12.1. The van der Waals surface area contributed by atoms with Crippen LogP contribution in [0.5, 0.6) is 11.5 Å². The van der Waals surface area contributed by atoms with Crippen molar-refractivity contribution < 1.29 is 24.1 Å². The van der Waals surface area contributed by atoms with Crippen molar-refractivity contribution in [1.82, 2.24) is 0 Å². The lowest BCUT2D eigenvalue weighted by Crippen LogP contribution is -2.24. The number of aromatic hydroxyl groups is 1. The average molecular weight is 266 g/mol. The number of phenolic OH excluding ortho intramolecular Hbond substituents is 1. The van der Waals surface area contributed by atoms with Crippen molar-refractivity contribution in [3.05, 3.63) is 23.8 Å². The van der Waals surface area contributed by atoms with Crippen molar-refractivity contribution >= 4 is 5.97 Å². The number of esters is 1. The molecular formula is C14H18O5. The average Bonchev–Trinajstić information content (AvgIpc) is 3.18. The van der Waals surface area contributed by atoms with Gasteiger partial charge in [0.15, 0.2) is 6.79 Å². The summed E-state index contributed by atoms with van der Waals surface area (Å²) in [7, 11) is 1.51. The second kappa shape index (κ2) is 5.48. The van der Waals surface area contributed by atoms with E-state index < -0.39 is 5.41 Å². The maximum Gasteiger partial charge on any atom is 0.316 e. The normalized spacial score (nSPS) is 15.9. The number of hydrogen-bond acceptors (Lipinski definition) is 5. The molecule has 0 saturated heterocycles. The van der Waals surface area contributed by atoms with E-state index in [0.717, 1.165) is 0 Å². The Kier molecular flexibility index (Phi) is 3.95. The number of carbonyl (C=O) groups excluding carboxylic acids is 1. The molecule has 19 heavy (non-hydrogen) atoms. The largest absolute Gasteiger partial charge is 0.507 e. The molecule has 1 saturated carbocycles. The number of carbonyl (C=O) groups is 1. The Balaban J connectivity index is 2.35. The molecule has 0 atom stereocenters. The predicted molar refractivity (Wildman–Crippen MR) is 68.2 cm³/mol. The second-order valence-electron chi connectivity index (χ2n) is 4.50. The molecule has 104 valence electrons. The molecule has 0 unspecified atom stereocenters. The Morgan fingerprint density at radius 1 is 1.42 bits per heavy atom. The first-order valence-corrected chi connectivity index (χ1v) is 6.27. The fraction of sp³-hybridized carbons (Fsp3) is 0.500. The van der Waals surface area contributed by atoms with E-state index in [0.29, 0.717) is 30.8 Å². The summed E-state index contributed by atoms with van der Waals surface area (Å²) in [5.74, 6) is 0.213. The molecule has 0 bridgehead atoms.